The van der Waals surface area contributed by atoms with Crippen molar-refractivity contribution in [3.05, 3.63) is 77.9 Å². The van der Waals surface area contributed by atoms with E-state index in [9.17, 15) is 9.59 Å². The summed E-state index contributed by atoms with van der Waals surface area (Å²) in [6.45, 7) is 0. The van der Waals surface area contributed by atoms with Crippen LogP contribution in [-0.2, 0) is 16.0 Å². The summed E-state index contributed by atoms with van der Waals surface area (Å²) in [7, 11) is 0. The fourth-order valence-electron chi connectivity index (χ4n) is 1.69. The van der Waals surface area contributed by atoms with Crippen LogP contribution in [0, 0.1) is 0 Å². The van der Waals surface area contributed by atoms with Crippen LogP contribution in [0.5, 0.6) is 0 Å². The van der Waals surface area contributed by atoms with E-state index >= 15 is 0 Å². The standard InChI is InChI=1S/C9H11NO2.C9H8O2/c10-8(9(11)12)6-7-4-2-1-3-5-7;10-9(11)7-6-8-4-2-1-3-5-8/h1-5,8H,6,10H2,(H,11,12);1-7H,(H,10,11)/t8-;/m0./s1. The van der Waals surface area contributed by atoms with E-state index in [1.54, 1.807) is 6.08 Å². The fourth-order valence-corrected chi connectivity index (χ4v) is 1.69. The molecule has 120 valence electrons. The number of hydrogen-bond donors (Lipinski definition) is 3. The van der Waals surface area contributed by atoms with Gasteiger partial charge < -0.3 is 15.9 Å². The molecule has 0 aromatic heterocycles. The molecular weight excluding hydrogens is 294 g/mol. The quantitative estimate of drug-likeness (QED) is 0.736. The molecule has 5 nitrogen and oxygen atoms in total. The van der Waals surface area contributed by atoms with Crippen LogP contribution in [0.25, 0.3) is 6.08 Å². The van der Waals surface area contributed by atoms with Gasteiger partial charge in [0.25, 0.3) is 0 Å². The van der Waals surface area contributed by atoms with Crippen molar-refractivity contribution in [3.8, 4) is 0 Å². The predicted molar refractivity (Wildman–Crippen MR) is 88.9 cm³/mol. The second-order valence-electron chi connectivity index (χ2n) is 4.72. The summed E-state index contributed by atoms with van der Waals surface area (Å²) in [6.07, 6.45) is 3.06. The summed E-state index contributed by atoms with van der Waals surface area (Å²) >= 11 is 0. The number of rotatable bonds is 5. The molecule has 0 aliphatic heterocycles. The Balaban J connectivity index is 0.000000231. The molecule has 0 radical (unpaired) electrons. The predicted octanol–water partition coefficient (Wildman–Crippen LogP) is 2.43. The first kappa shape index (κ1) is 18.1. The molecule has 2 aromatic carbocycles. The number of nitrogens with two attached hydrogens (primary N) is 1. The molecule has 0 heterocycles. The Labute approximate surface area is 134 Å². The Morgan fingerprint density at radius 1 is 0.957 bits per heavy atom. The maximum atomic E-state index is 10.4. The van der Waals surface area contributed by atoms with E-state index in [-0.39, 0.29) is 0 Å². The lowest BCUT2D eigenvalue weighted by Crippen LogP contribution is -2.32. The molecule has 0 fully saturated rings. The van der Waals surface area contributed by atoms with Gasteiger partial charge in [0, 0.05) is 6.08 Å². The van der Waals surface area contributed by atoms with Crippen molar-refractivity contribution in [1.29, 1.82) is 0 Å². The normalized spacial score (nSPS) is 11.3. The van der Waals surface area contributed by atoms with Gasteiger partial charge in [-0.2, -0.15) is 0 Å². The summed E-state index contributed by atoms with van der Waals surface area (Å²) in [5, 5.41) is 16.8. The second-order valence-corrected chi connectivity index (χ2v) is 4.72. The van der Waals surface area contributed by atoms with Crippen molar-refractivity contribution in [2.75, 3.05) is 0 Å². The van der Waals surface area contributed by atoms with Crippen LogP contribution in [-0.4, -0.2) is 28.2 Å². The van der Waals surface area contributed by atoms with Crippen molar-refractivity contribution < 1.29 is 19.8 Å². The van der Waals surface area contributed by atoms with Crippen molar-refractivity contribution in [3.63, 3.8) is 0 Å². The van der Waals surface area contributed by atoms with Crippen LogP contribution in [0.1, 0.15) is 11.1 Å². The first-order valence-electron chi connectivity index (χ1n) is 6.97. The lowest BCUT2D eigenvalue weighted by Gasteiger charge is -2.04. The van der Waals surface area contributed by atoms with Gasteiger partial charge in [0.1, 0.15) is 6.04 Å². The average Bonchev–Trinajstić information content (AvgIpc) is 2.55. The van der Waals surface area contributed by atoms with E-state index in [1.165, 1.54) is 0 Å². The van der Waals surface area contributed by atoms with E-state index < -0.39 is 18.0 Å². The highest BCUT2D eigenvalue weighted by Gasteiger charge is 2.10. The maximum absolute atomic E-state index is 10.4. The van der Waals surface area contributed by atoms with Gasteiger partial charge in [-0.25, -0.2) is 4.79 Å². The minimum absolute atomic E-state index is 0.385. The third-order valence-corrected chi connectivity index (χ3v) is 2.83. The van der Waals surface area contributed by atoms with Gasteiger partial charge in [0.2, 0.25) is 0 Å². The van der Waals surface area contributed by atoms with E-state index in [4.69, 9.17) is 15.9 Å². The van der Waals surface area contributed by atoms with Crippen molar-refractivity contribution in [1.82, 2.24) is 0 Å². The number of benzene rings is 2. The van der Waals surface area contributed by atoms with Crippen molar-refractivity contribution in [2.24, 2.45) is 5.73 Å². The minimum atomic E-state index is -0.959. The highest BCUT2D eigenvalue weighted by molar-refractivity contribution is 5.85. The monoisotopic (exact) mass is 313 g/mol. The van der Waals surface area contributed by atoms with Crippen LogP contribution < -0.4 is 5.73 Å². The van der Waals surface area contributed by atoms with Crippen LogP contribution in [0.2, 0.25) is 0 Å². The van der Waals surface area contributed by atoms with Gasteiger partial charge in [0.15, 0.2) is 0 Å². The van der Waals surface area contributed by atoms with Gasteiger partial charge in [-0.05, 0) is 23.6 Å². The zero-order valence-electron chi connectivity index (χ0n) is 12.5. The first-order chi connectivity index (χ1) is 11.0. The number of carboxylic acid groups (broad SMARTS) is 2. The molecule has 0 aliphatic carbocycles. The lowest BCUT2D eigenvalue weighted by atomic mass is 10.1. The maximum Gasteiger partial charge on any atom is 0.328 e. The van der Waals surface area contributed by atoms with E-state index in [1.807, 2.05) is 60.7 Å². The number of carbonyl (C=O) groups is 2. The molecule has 0 bridgehead atoms. The topological polar surface area (TPSA) is 101 Å². The summed E-state index contributed by atoms with van der Waals surface area (Å²) in [4.78, 5) is 20.5. The molecule has 0 saturated carbocycles. The Bertz CT molecular complexity index is 639. The van der Waals surface area contributed by atoms with Gasteiger partial charge >= 0.3 is 11.9 Å². The summed E-state index contributed by atoms with van der Waals surface area (Å²) in [5.41, 5.74) is 7.20. The van der Waals surface area contributed by atoms with Gasteiger partial charge in [-0.1, -0.05) is 60.7 Å². The minimum Gasteiger partial charge on any atom is -0.480 e. The SMILES string of the molecule is N[C@@H](Cc1ccccc1)C(=O)O.O=C(O)C=Cc1ccccc1. The Hall–Kier alpha value is -2.92. The van der Waals surface area contributed by atoms with E-state index in [0.29, 0.717) is 6.42 Å². The molecule has 5 heteroatoms. The first-order valence-corrected chi connectivity index (χ1v) is 6.97. The van der Waals surface area contributed by atoms with Crippen LogP contribution >= 0.6 is 0 Å². The molecule has 1 atom stereocenters. The van der Waals surface area contributed by atoms with Crippen molar-refractivity contribution in [2.45, 2.75) is 12.5 Å². The summed E-state index contributed by atoms with van der Waals surface area (Å²) in [5.74, 6) is -1.88. The smallest absolute Gasteiger partial charge is 0.328 e. The average molecular weight is 313 g/mol. The molecule has 23 heavy (non-hydrogen) atoms. The van der Waals surface area contributed by atoms with E-state index in [2.05, 4.69) is 0 Å². The van der Waals surface area contributed by atoms with Gasteiger partial charge in [-0.3, -0.25) is 4.79 Å². The van der Waals surface area contributed by atoms with Crippen LogP contribution in [0.4, 0.5) is 0 Å². The highest BCUT2D eigenvalue weighted by Crippen LogP contribution is 2.01. The molecule has 0 saturated heterocycles. The molecular formula is C18H19NO4. The second kappa shape index (κ2) is 9.92. The van der Waals surface area contributed by atoms with Crippen molar-refractivity contribution >= 4 is 18.0 Å². The third kappa shape index (κ3) is 8.18. The van der Waals surface area contributed by atoms with Gasteiger partial charge in [-0.15, -0.1) is 0 Å². The zero-order chi connectivity index (χ0) is 17.1. The fraction of sp³-hybridized carbons (Fsp3) is 0.111. The number of carboxylic acids is 2. The molecule has 0 amide bonds. The molecule has 0 aliphatic rings. The van der Waals surface area contributed by atoms with E-state index in [0.717, 1.165) is 17.2 Å². The molecule has 0 unspecified atom stereocenters. The molecule has 2 aromatic rings. The molecule has 2 rings (SSSR count). The lowest BCUT2D eigenvalue weighted by molar-refractivity contribution is -0.138. The Kier molecular flexibility index (Phi) is 7.82. The number of hydrogen-bond acceptors (Lipinski definition) is 3. The zero-order valence-corrected chi connectivity index (χ0v) is 12.5. The van der Waals surface area contributed by atoms with Crippen LogP contribution in [0.15, 0.2) is 66.7 Å². The largest absolute Gasteiger partial charge is 0.480 e. The molecule has 4 N–H and O–H groups in total. The Morgan fingerprint density at radius 3 is 1.96 bits per heavy atom. The Morgan fingerprint density at radius 2 is 1.48 bits per heavy atom. The molecule has 0 spiro atoms. The highest BCUT2D eigenvalue weighted by atomic mass is 16.4. The van der Waals surface area contributed by atoms with Gasteiger partial charge in [0.05, 0.1) is 0 Å². The third-order valence-electron chi connectivity index (χ3n) is 2.83. The number of aliphatic carboxylic acids is 2. The van der Waals surface area contributed by atoms with Crippen LogP contribution in [0.3, 0.4) is 0 Å². The summed E-state index contributed by atoms with van der Waals surface area (Å²) < 4.78 is 0. The summed E-state index contributed by atoms with van der Waals surface area (Å²) in [6, 6.07) is 17.8.